The first kappa shape index (κ1) is 24.6. The van der Waals surface area contributed by atoms with Gasteiger partial charge in [0.2, 0.25) is 15.9 Å². The molecule has 0 radical (unpaired) electrons. The smallest absolute Gasteiger partial charge is 0.261 e. The van der Waals surface area contributed by atoms with E-state index in [1.54, 1.807) is 48.5 Å². The van der Waals surface area contributed by atoms with Gasteiger partial charge < -0.3 is 5.32 Å². The van der Waals surface area contributed by atoms with Crippen molar-refractivity contribution in [3.63, 3.8) is 0 Å². The Hall–Kier alpha value is -3.08. The Kier molecular flexibility index (Phi) is 7.31. The van der Waals surface area contributed by atoms with Gasteiger partial charge in [-0.15, -0.1) is 0 Å². The Balaban J connectivity index is 1.76. The van der Waals surface area contributed by atoms with Crippen LogP contribution in [0.25, 0.3) is 0 Å². The second-order valence-corrected chi connectivity index (χ2v) is 11.1. The molecule has 0 saturated carbocycles. The molecule has 0 saturated heterocycles. The van der Waals surface area contributed by atoms with Gasteiger partial charge in [-0.3, -0.25) is 13.8 Å². The number of carbonyl (C=O) groups is 1. The Morgan fingerprint density at radius 3 is 2.03 bits per heavy atom. The molecule has 11 heteroatoms. The number of halogens is 1. The van der Waals surface area contributed by atoms with Crippen LogP contribution >= 0.6 is 11.6 Å². The predicted octanol–water partition coefficient (Wildman–Crippen LogP) is 3.93. The number of para-hydroxylation sites is 2. The molecule has 3 aromatic rings. The van der Waals surface area contributed by atoms with Gasteiger partial charge in [0.25, 0.3) is 10.0 Å². The lowest BCUT2D eigenvalue weighted by molar-refractivity contribution is -0.116. The third kappa shape index (κ3) is 6.04. The van der Waals surface area contributed by atoms with E-state index in [-0.39, 0.29) is 15.6 Å². The second-order valence-electron chi connectivity index (χ2n) is 7.17. The van der Waals surface area contributed by atoms with Crippen molar-refractivity contribution < 1.29 is 21.6 Å². The summed E-state index contributed by atoms with van der Waals surface area (Å²) in [5, 5.41) is 2.88. The van der Waals surface area contributed by atoms with Gasteiger partial charge in [-0.2, -0.15) is 0 Å². The lowest BCUT2D eigenvalue weighted by atomic mass is 10.2. The second kappa shape index (κ2) is 9.82. The Bertz CT molecular complexity index is 1350. The fourth-order valence-corrected chi connectivity index (χ4v) is 5.59. The third-order valence-electron chi connectivity index (χ3n) is 4.65. The van der Waals surface area contributed by atoms with Crippen LogP contribution < -0.4 is 14.3 Å². The molecular formula is C22H22ClN3O5S2. The van der Waals surface area contributed by atoms with Gasteiger partial charge in [0.15, 0.2) is 0 Å². The zero-order valence-electron chi connectivity index (χ0n) is 17.8. The van der Waals surface area contributed by atoms with E-state index in [4.69, 9.17) is 11.6 Å². The number of anilines is 3. The molecule has 0 fully saturated rings. The van der Waals surface area contributed by atoms with Crippen molar-refractivity contribution in [3.8, 4) is 0 Å². The van der Waals surface area contributed by atoms with E-state index in [0.29, 0.717) is 11.4 Å². The predicted molar refractivity (Wildman–Crippen MR) is 131 cm³/mol. The summed E-state index contributed by atoms with van der Waals surface area (Å²) < 4.78 is 53.3. The Labute approximate surface area is 198 Å². The molecule has 0 spiro atoms. The maximum atomic E-state index is 12.8. The number of amides is 1. The highest BCUT2D eigenvalue weighted by atomic mass is 35.5. The summed E-state index contributed by atoms with van der Waals surface area (Å²) in [6.07, 6.45) is 1.02. The first-order valence-electron chi connectivity index (χ1n) is 9.72. The summed E-state index contributed by atoms with van der Waals surface area (Å²) >= 11 is 6.01. The highest BCUT2D eigenvalue weighted by Crippen LogP contribution is 2.25. The fraction of sp³-hybridized carbons (Fsp3) is 0.136. The minimum absolute atomic E-state index is 0.0319. The summed E-state index contributed by atoms with van der Waals surface area (Å²) in [5.74, 6) is -0.575. The SMILES string of the molecule is C[C@@H](C(=O)Nc1ccc(S(=O)(=O)Nc2ccccc2Cl)cc1)N(c1ccccc1)S(C)(=O)=O. The highest BCUT2D eigenvalue weighted by Gasteiger charge is 2.29. The van der Waals surface area contributed by atoms with Crippen LogP contribution in [0.1, 0.15) is 6.92 Å². The number of carbonyl (C=O) groups excluding carboxylic acids is 1. The van der Waals surface area contributed by atoms with Crippen molar-refractivity contribution in [1.29, 1.82) is 0 Å². The molecule has 174 valence electrons. The van der Waals surface area contributed by atoms with Crippen molar-refractivity contribution in [2.24, 2.45) is 0 Å². The molecule has 1 amide bonds. The van der Waals surface area contributed by atoms with Crippen LogP contribution in [0.15, 0.2) is 83.8 Å². The van der Waals surface area contributed by atoms with Gasteiger partial charge in [0, 0.05) is 5.69 Å². The summed E-state index contributed by atoms with van der Waals surface area (Å²) in [6, 6.07) is 19.1. The molecular weight excluding hydrogens is 486 g/mol. The summed E-state index contributed by atoms with van der Waals surface area (Å²) in [6.45, 7) is 1.47. The van der Waals surface area contributed by atoms with Crippen molar-refractivity contribution in [1.82, 2.24) is 0 Å². The molecule has 0 aliphatic carbocycles. The van der Waals surface area contributed by atoms with Crippen LogP contribution in [0.3, 0.4) is 0 Å². The van der Waals surface area contributed by atoms with Gasteiger partial charge >= 0.3 is 0 Å². The molecule has 3 rings (SSSR count). The summed E-state index contributed by atoms with van der Waals surface area (Å²) in [7, 11) is -7.64. The average Bonchev–Trinajstić information content (AvgIpc) is 2.75. The quantitative estimate of drug-likeness (QED) is 0.479. The first-order valence-corrected chi connectivity index (χ1v) is 13.4. The summed E-state index contributed by atoms with van der Waals surface area (Å²) in [5.41, 5.74) is 0.909. The topological polar surface area (TPSA) is 113 Å². The number of nitrogens with one attached hydrogen (secondary N) is 2. The number of hydrogen-bond donors (Lipinski definition) is 2. The van der Waals surface area contributed by atoms with Gasteiger partial charge in [0.1, 0.15) is 6.04 Å². The van der Waals surface area contributed by atoms with Gasteiger partial charge in [-0.05, 0) is 55.5 Å². The molecule has 0 unspecified atom stereocenters. The van der Waals surface area contributed by atoms with Crippen LogP contribution in [0.4, 0.5) is 17.1 Å². The number of hydrogen-bond acceptors (Lipinski definition) is 5. The maximum Gasteiger partial charge on any atom is 0.261 e. The highest BCUT2D eigenvalue weighted by molar-refractivity contribution is 7.92. The molecule has 2 N–H and O–H groups in total. The zero-order valence-corrected chi connectivity index (χ0v) is 20.2. The third-order valence-corrected chi connectivity index (χ3v) is 7.60. The van der Waals surface area contributed by atoms with Crippen LogP contribution in [0, 0.1) is 0 Å². The lowest BCUT2D eigenvalue weighted by Gasteiger charge is -2.28. The summed E-state index contributed by atoms with van der Waals surface area (Å²) in [4.78, 5) is 12.7. The standard InChI is InChI=1S/C22H22ClN3O5S2/c1-16(26(32(2,28)29)18-8-4-3-5-9-18)22(27)24-17-12-14-19(15-13-17)33(30,31)25-21-11-7-6-10-20(21)23/h3-16,25H,1-2H3,(H,24,27)/t16-/m0/s1. The van der Waals surface area contributed by atoms with Gasteiger partial charge in [0.05, 0.1) is 27.5 Å². The van der Waals surface area contributed by atoms with E-state index in [9.17, 15) is 21.6 Å². The molecule has 3 aromatic carbocycles. The van der Waals surface area contributed by atoms with Crippen LogP contribution in [-0.2, 0) is 24.8 Å². The van der Waals surface area contributed by atoms with Crippen LogP contribution in [0.5, 0.6) is 0 Å². The van der Waals surface area contributed by atoms with Crippen molar-refractivity contribution in [2.75, 3.05) is 20.6 Å². The van der Waals surface area contributed by atoms with Crippen LogP contribution in [-0.4, -0.2) is 35.0 Å². The molecule has 0 aromatic heterocycles. The Morgan fingerprint density at radius 1 is 0.879 bits per heavy atom. The van der Waals surface area contributed by atoms with Gasteiger partial charge in [-0.1, -0.05) is 41.9 Å². The molecule has 8 nitrogen and oxygen atoms in total. The first-order chi connectivity index (χ1) is 15.5. The molecule has 0 heterocycles. The average molecular weight is 508 g/mol. The van der Waals surface area contributed by atoms with Crippen molar-refractivity contribution >= 4 is 54.6 Å². The number of sulfonamides is 2. The number of benzene rings is 3. The van der Waals surface area contributed by atoms with Crippen molar-refractivity contribution in [2.45, 2.75) is 17.9 Å². The fourth-order valence-electron chi connectivity index (χ4n) is 3.10. The Morgan fingerprint density at radius 2 is 1.45 bits per heavy atom. The van der Waals surface area contributed by atoms with E-state index in [0.717, 1.165) is 10.6 Å². The number of nitrogens with zero attached hydrogens (tertiary/aromatic N) is 1. The normalized spacial score (nSPS) is 12.6. The lowest BCUT2D eigenvalue weighted by Crippen LogP contribution is -2.45. The molecule has 33 heavy (non-hydrogen) atoms. The molecule has 0 bridgehead atoms. The van der Waals surface area contributed by atoms with E-state index >= 15 is 0 Å². The number of rotatable bonds is 8. The van der Waals surface area contributed by atoms with Crippen LogP contribution in [0.2, 0.25) is 5.02 Å². The minimum atomic E-state index is -3.90. The zero-order chi connectivity index (χ0) is 24.2. The molecule has 0 aliphatic rings. The largest absolute Gasteiger partial charge is 0.324 e. The van der Waals surface area contributed by atoms with E-state index in [1.807, 2.05) is 0 Å². The van der Waals surface area contributed by atoms with E-state index in [1.165, 1.54) is 37.3 Å². The minimum Gasteiger partial charge on any atom is -0.324 e. The molecule has 0 aliphatic heterocycles. The molecule has 1 atom stereocenters. The maximum absolute atomic E-state index is 12.8. The van der Waals surface area contributed by atoms with Crippen molar-refractivity contribution in [3.05, 3.63) is 83.9 Å². The van der Waals surface area contributed by atoms with E-state index < -0.39 is 32.0 Å². The van der Waals surface area contributed by atoms with Gasteiger partial charge in [-0.25, -0.2) is 16.8 Å². The monoisotopic (exact) mass is 507 g/mol. The van der Waals surface area contributed by atoms with E-state index in [2.05, 4.69) is 10.0 Å².